The molecule has 0 atom stereocenters. The molecule has 0 spiro atoms. The van der Waals surface area contributed by atoms with E-state index in [9.17, 15) is 9.59 Å². The predicted octanol–water partition coefficient (Wildman–Crippen LogP) is 3.55. The van der Waals surface area contributed by atoms with Crippen LogP contribution < -0.4 is 0 Å². The van der Waals surface area contributed by atoms with Crippen molar-refractivity contribution in [1.82, 2.24) is 19.7 Å². The Bertz CT molecular complexity index is 1320. The molecule has 1 N–H and O–H groups in total. The van der Waals surface area contributed by atoms with Crippen molar-refractivity contribution in [3.8, 4) is 0 Å². The van der Waals surface area contributed by atoms with E-state index in [1.54, 1.807) is 21.9 Å². The number of carbonyl (C=O) groups excluding carboxylic acids is 2. The van der Waals surface area contributed by atoms with Gasteiger partial charge in [-0.05, 0) is 17.7 Å². The number of rotatable bonds is 6. The van der Waals surface area contributed by atoms with Crippen LogP contribution in [0.25, 0.3) is 17.0 Å². The maximum atomic E-state index is 12.6. The molecule has 0 aliphatic carbocycles. The zero-order valence-electron chi connectivity index (χ0n) is 18.1. The van der Waals surface area contributed by atoms with Crippen LogP contribution in [0.4, 0.5) is 0 Å². The number of benzene rings is 2. The van der Waals surface area contributed by atoms with E-state index in [4.69, 9.17) is 4.74 Å². The number of ether oxygens (including phenoxy) is 1. The van der Waals surface area contributed by atoms with E-state index in [1.807, 2.05) is 54.7 Å². The largest absolute Gasteiger partial charge is 0.452 e. The van der Waals surface area contributed by atoms with Crippen LogP contribution in [-0.2, 0) is 33.8 Å². The molecular weight excluding hydrogens is 416 g/mol. The fourth-order valence-corrected chi connectivity index (χ4v) is 4.14. The molecule has 0 fully saturated rings. The van der Waals surface area contributed by atoms with Gasteiger partial charge in [0, 0.05) is 59.5 Å². The number of aromatic nitrogens is 3. The number of aromatic amines is 1. The van der Waals surface area contributed by atoms with Crippen molar-refractivity contribution in [3.63, 3.8) is 0 Å². The van der Waals surface area contributed by atoms with E-state index in [0.717, 1.165) is 34.0 Å². The van der Waals surface area contributed by atoms with Crippen LogP contribution in [0.1, 0.15) is 22.4 Å². The third-order valence-electron chi connectivity index (χ3n) is 5.83. The first-order valence-corrected chi connectivity index (χ1v) is 10.9. The van der Waals surface area contributed by atoms with Gasteiger partial charge in [-0.1, -0.05) is 48.5 Å². The Morgan fingerprint density at radius 3 is 2.79 bits per heavy atom. The number of hydrogen-bond donors (Lipinski definition) is 1. The molecule has 1 aliphatic rings. The Labute approximate surface area is 191 Å². The highest BCUT2D eigenvalue weighted by atomic mass is 16.5. The Kier molecular flexibility index (Phi) is 5.76. The number of carbonyl (C=O) groups is 2. The molecule has 7 nitrogen and oxygen atoms in total. The lowest BCUT2D eigenvalue weighted by molar-refractivity contribution is -0.148. The molecule has 1 amide bonds. The lowest BCUT2D eigenvalue weighted by atomic mass is 10.0. The fraction of sp³-hybridized carbons (Fsp3) is 0.192. The summed E-state index contributed by atoms with van der Waals surface area (Å²) in [4.78, 5) is 29.9. The zero-order valence-corrected chi connectivity index (χ0v) is 18.1. The number of H-pyrrole nitrogens is 1. The maximum Gasteiger partial charge on any atom is 0.331 e. The van der Waals surface area contributed by atoms with E-state index < -0.39 is 5.97 Å². The molecule has 0 unspecified atom stereocenters. The van der Waals surface area contributed by atoms with Crippen molar-refractivity contribution >= 4 is 28.9 Å². The number of para-hydroxylation sites is 1. The van der Waals surface area contributed by atoms with Crippen LogP contribution in [-0.4, -0.2) is 44.7 Å². The van der Waals surface area contributed by atoms with Crippen LogP contribution >= 0.6 is 0 Å². The number of amides is 1. The van der Waals surface area contributed by atoms with Gasteiger partial charge in [-0.25, -0.2) is 4.79 Å². The van der Waals surface area contributed by atoms with E-state index in [0.29, 0.717) is 19.6 Å². The average Bonchev–Trinajstić information content (AvgIpc) is 3.45. The van der Waals surface area contributed by atoms with E-state index in [2.05, 4.69) is 16.1 Å². The van der Waals surface area contributed by atoms with Crippen molar-refractivity contribution in [2.24, 2.45) is 0 Å². The van der Waals surface area contributed by atoms with Gasteiger partial charge in [0.2, 0.25) is 0 Å². The summed E-state index contributed by atoms with van der Waals surface area (Å²) >= 11 is 0. The van der Waals surface area contributed by atoms with Crippen molar-refractivity contribution in [2.45, 2.75) is 19.5 Å². The molecule has 0 saturated heterocycles. The average molecular weight is 441 g/mol. The Morgan fingerprint density at radius 2 is 1.91 bits per heavy atom. The molecule has 0 bridgehead atoms. The quantitative estimate of drug-likeness (QED) is 0.367. The molecular formula is C26H24N4O3. The van der Waals surface area contributed by atoms with Gasteiger partial charge in [-0.2, -0.15) is 5.10 Å². The summed E-state index contributed by atoms with van der Waals surface area (Å²) in [5, 5.41) is 5.45. The molecule has 166 valence electrons. The monoisotopic (exact) mass is 440 g/mol. The van der Waals surface area contributed by atoms with Crippen LogP contribution in [0.15, 0.2) is 73.1 Å². The molecule has 7 heteroatoms. The lowest BCUT2D eigenvalue weighted by Gasteiger charge is -2.27. The highest BCUT2D eigenvalue weighted by molar-refractivity contribution is 5.90. The van der Waals surface area contributed by atoms with Crippen LogP contribution in [0.5, 0.6) is 0 Å². The van der Waals surface area contributed by atoms with Gasteiger partial charge >= 0.3 is 5.97 Å². The first-order valence-electron chi connectivity index (χ1n) is 10.9. The Morgan fingerprint density at radius 1 is 1.09 bits per heavy atom. The molecule has 1 aliphatic heterocycles. The van der Waals surface area contributed by atoms with Crippen LogP contribution in [0.2, 0.25) is 0 Å². The standard InChI is InChI=1S/C26H24N4O3/c31-25(29-13-12-24-22(17-29)21-8-4-5-9-23(21)28-24)18-33-26(32)11-10-20-14-27-30(16-20)15-19-6-2-1-3-7-19/h1-11,14,16,28H,12-13,15,17-18H2/b11-10+. The van der Waals surface area contributed by atoms with Crippen molar-refractivity contribution in [1.29, 1.82) is 0 Å². The van der Waals surface area contributed by atoms with Gasteiger partial charge in [-0.3, -0.25) is 9.48 Å². The third-order valence-corrected chi connectivity index (χ3v) is 5.83. The van der Waals surface area contributed by atoms with Gasteiger partial charge in [0.1, 0.15) is 0 Å². The molecule has 2 aromatic carbocycles. The molecule has 0 saturated carbocycles. The smallest absolute Gasteiger partial charge is 0.331 e. The van der Waals surface area contributed by atoms with Gasteiger partial charge < -0.3 is 14.6 Å². The fourth-order valence-electron chi connectivity index (χ4n) is 4.14. The van der Waals surface area contributed by atoms with Crippen molar-refractivity contribution in [2.75, 3.05) is 13.2 Å². The molecule has 3 heterocycles. The minimum atomic E-state index is -0.552. The van der Waals surface area contributed by atoms with Gasteiger partial charge in [0.25, 0.3) is 5.91 Å². The minimum absolute atomic E-state index is 0.191. The Balaban J connectivity index is 1.13. The minimum Gasteiger partial charge on any atom is -0.452 e. The van der Waals surface area contributed by atoms with Crippen molar-refractivity contribution < 1.29 is 14.3 Å². The summed E-state index contributed by atoms with van der Waals surface area (Å²) in [6.45, 7) is 1.51. The first-order chi connectivity index (χ1) is 16.2. The number of nitrogens with zero attached hydrogens (tertiary/aromatic N) is 3. The molecule has 4 aromatic rings. The molecule has 33 heavy (non-hydrogen) atoms. The predicted molar refractivity (Wildman–Crippen MR) is 125 cm³/mol. The highest BCUT2D eigenvalue weighted by Gasteiger charge is 2.24. The van der Waals surface area contributed by atoms with E-state index in [-0.39, 0.29) is 12.5 Å². The first kappa shape index (κ1) is 20.8. The number of hydrogen-bond acceptors (Lipinski definition) is 4. The number of esters is 1. The van der Waals surface area contributed by atoms with Gasteiger partial charge in [0.05, 0.1) is 12.7 Å². The molecule has 2 aromatic heterocycles. The molecule has 0 radical (unpaired) electrons. The number of fused-ring (bicyclic) bond motifs is 3. The summed E-state index contributed by atoms with van der Waals surface area (Å²) in [7, 11) is 0. The second kappa shape index (κ2) is 9.16. The lowest BCUT2D eigenvalue weighted by Crippen LogP contribution is -2.38. The summed E-state index contributed by atoms with van der Waals surface area (Å²) < 4.78 is 6.99. The molecule has 5 rings (SSSR count). The summed E-state index contributed by atoms with van der Waals surface area (Å²) in [5.41, 5.74) is 5.33. The normalized spacial score (nSPS) is 13.4. The number of nitrogens with one attached hydrogen (secondary N) is 1. The second-order valence-corrected chi connectivity index (χ2v) is 8.09. The van der Waals surface area contributed by atoms with Crippen molar-refractivity contribution in [3.05, 3.63) is 95.5 Å². The summed E-state index contributed by atoms with van der Waals surface area (Å²) in [6, 6.07) is 18.1. The maximum absolute atomic E-state index is 12.6. The Hall–Kier alpha value is -4.13. The zero-order chi connectivity index (χ0) is 22.6. The third kappa shape index (κ3) is 4.72. The van der Waals surface area contributed by atoms with Gasteiger partial charge in [-0.15, -0.1) is 0 Å². The van der Waals surface area contributed by atoms with Crippen LogP contribution in [0, 0.1) is 0 Å². The SMILES string of the molecule is O=C(/C=C/c1cnn(Cc2ccccc2)c1)OCC(=O)N1CCc2[nH]c3ccccc3c2C1. The summed E-state index contributed by atoms with van der Waals surface area (Å²) in [5.74, 6) is -0.743. The summed E-state index contributed by atoms with van der Waals surface area (Å²) in [6.07, 6.45) is 7.26. The topological polar surface area (TPSA) is 80.2 Å². The van der Waals surface area contributed by atoms with E-state index >= 15 is 0 Å². The van der Waals surface area contributed by atoms with E-state index in [1.165, 1.54) is 11.8 Å². The second-order valence-electron chi connectivity index (χ2n) is 8.09. The van der Waals surface area contributed by atoms with Crippen LogP contribution in [0.3, 0.4) is 0 Å². The highest BCUT2D eigenvalue weighted by Crippen LogP contribution is 2.27. The van der Waals surface area contributed by atoms with Gasteiger partial charge in [0.15, 0.2) is 6.61 Å².